The fourth-order valence-corrected chi connectivity index (χ4v) is 2.53. The van der Waals surface area contributed by atoms with Crippen molar-refractivity contribution in [1.29, 1.82) is 0 Å². The molecule has 0 aliphatic rings. The van der Waals surface area contributed by atoms with Gasteiger partial charge >= 0.3 is 0 Å². The minimum absolute atomic E-state index is 0.198. The zero-order valence-corrected chi connectivity index (χ0v) is 14.8. The number of guanidine groups is 1. The molecular weight excluding hydrogens is 331 g/mol. The quantitative estimate of drug-likeness (QED) is 0.543. The number of benzene rings is 2. The van der Waals surface area contributed by atoms with Gasteiger partial charge in [0.15, 0.2) is 11.7 Å². The summed E-state index contributed by atoms with van der Waals surface area (Å²) in [5.41, 5.74) is 3.38. The Balaban J connectivity index is 1.54. The molecule has 134 valence electrons. The Bertz CT molecular complexity index is 890. The van der Waals surface area contributed by atoms with E-state index < -0.39 is 0 Å². The fourth-order valence-electron chi connectivity index (χ4n) is 2.53. The van der Waals surface area contributed by atoms with Crippen molar-refractivity contribution >= 4 is 5.96 Å². The minimum atomic E-state index is -0.198. The lowest BCUT2D eigenvalue weighted by molar-refractivity contribution is 0.422. The smallest absolute Gasteiger partial charge is 0.191 e. The molecule has 3 aromatic rings. The first-order valence-electron chi connectivity index (χ1n) is 8.36. The minimum Gasteiger partial charge on any atom is -0.356 e. The van der Waals surface area contributed by atoms with Crippen molar-refractivity contribution in [1.82, 2.24) is 15.8 Å². The van der Waals surface area contributed by atoms with Crippen LogP contribution in [0, 0.1) is 12.7 Å². The summed E-state index contributed by atoms with van der Waals surface area (Å²) in [6.45, 7) is 2.79. The summed E-state index contributed by atoms with van der Waals surface area (Å²) in [5, 5.41) is 10.5. The van der Waals surface area contributed by atoms with Gasteiger partial charge in [-0.1, -0.05) is 47.6 Å². The Morgan fingerprint density at radius 3 is 2.58 bits per heavy atom. The van der Waals surface area contributed by atoms with Crippen LogP contribution >= 0.6 is 0 Å². The number of aryl methyl sites for hydroxylation is 1. The molecule has 0 aliphatic carbocycles. The molecule has 0 bridgehead atoms. The molecule has 2 aromatic carbocycles. The van der Waals surface area contributed by atoms with Crippen molar-refractivity contribution in [3.63, 3.8) is 0 Å². The third kappa shape index (κ3) is 4.47. The number of nitrogens with zero attached hydrogens (tertiary/aromatic N) is 2. The van der Waals surface area contributed by atoms with E-state index in [1.807, 2.05) is 42.5 Å². The van der Waals surface area contributed by atoms with Crippen molar-refractivity contribution in [2.24, 2.45) is 4.99 Å². The molecular formula is C20H21FN4O. The molecule has 6 heteroatoms. The maximum Gasteiger partial charge on any atom is 0.191 e. The van der Waals surface area contributed by atoms with Gasteiger partial charge in [0.1, 0.15) is 11.5 Å². The Kier molecular flexibility index (Phi) is 5.63. The summed E-state index contributed by atoms with van der Waals surface area (Å²) >= 11 is 0. The molecule has 0 spiro atoms. The number of aromatic nitrogens is 1. The van der Waals surface area contributed by atoms with Crippen LogP contribution in [0.2, 0.25) is 0 Å². The highest BCUT2D eigenvalue weighted by molar-refractivity contribution is 5.79. The number of halogens is 1. The lowest BCUT2D eigenvalue weighted by Gasteiger charge is -2.11. The van der Waals surface area contributed by atoms with E-state index in [2.05, 4.69) is 20.8 Å². The van der Waals surface area contributed by atoms with Crippen molar-refractivity contribution in [2.45, 2.75) is 20.0 Å². The van der Waals surface area contributed by atoms with Gasteiger partial charge in [0.2, 0.25) is 0 Å². The van der Waals surface area contributed by atoms with E-state index in [0.29, 0.717) is 24.6 Å². The predicted molar refractivity (Wildman–Crippen MR) is 100 cm³/mol. The van der Waals surface area contributed by atoms with Crippen LogP contribution in [0.1, 0.15) is 16.8 Å². The molecule has 0 unspecified atom stereocenters. The largest absolute Gasteiger partial charge is 0.356 e. The molecule has 0 atom stereocenters. The normalized spacial score (nSPS) is 11.4. The number of rotatable bonds is 5. The summed E-state index contributed by atoms with van der Waals surface area (Å²) in [4.78, 5) is 4.19. The van der Waals surface area contributed by atoms with Crippen LogP contribution < -0.4 is 10.6 Å². The van der Waals surface area contributed by atoms with Crippen LogP contribution in [0.3, 0.4) is 0 Å². The van der Waals surface area contributed by atoms with Crippen molar-refractivity contribution in [3.05, 3.63) is 77.2 Å². The van der Waals surface area contributed by atoms with Gasteiger partial charge in [0.05, 0.1) is 6.54 Å². The zero-order valence-electron chi connectivity index (χ0n) is 14.8. The van der Waals surface area contributed by atoms with E-state index in [1.54, 1.807) is 20.0 Å². The second-order valence-corrected chi connectivity index (χ2v) is 5.91. The first-order valence-corrected chi connectivity index (χ1v) is 8.36. The van der Waals surface area contributed by atoms with Crippen LogP contribution in [-0.2, 0) is 13.1 Å². The van der Waals surface area contributed by atoms with Crippen LogP contribution in [-0.4, -0.2) is 18.2 Å². The average Bonchev–Trinajstić information content (AvgIpc) is 3.14. The third-order valence-corrected chi connectivity index (χ3v) is 3.96. The average molecular weight is 352 g/mol. The molecule has 2 N–H and O–H groups in total. The van der Waals surface area contributed by atoms with Gasteiger partial charge in [-0.05, 0) is 24.1 Å². The van der Waals surface area contributed by atoms with Gasteiger partial charge in [-0.3, -0.25) is 4.99 Å². The molecule has 0 aliphatic heterocycles. The monoisotopic (exact) mass is 352 g/mol. The SMILES string of the molecule is CN=C(NCc1ccc(F)c(C)c1)NCc1cc(-c2ccccc2)on1. The van der Waals surface area contributed by atoms with Crippen molar-refractivity contribution in [2.75, 3.05) is 7.05 Å². The number of nitrogens with one attached hydrogen (secondary N) is 2. The molecule has 1 heterocycles. The van der Waals surface area contributed by atoms with Gasteiger partial charge in [-0.2, -0.15) is 0 Å². The maximum atomic E-state index is 13.3. The van der Waals surface area contributed by atoms with E-state index in [9.17, 15) is 4.39 Å². The molecule has 0 amide bonds. The Morgan fingerprint density at radius 1 is 1.08 bits per heavy atom. The summed E-state index contributed by atoms with van der Waals surface area (Å²) in [7, 11) is 1.70. The van der Waals surface area contributed by atoms with Crippen LogP contribution in [0.25, 0.3) is 11.3 Å². The molecule has 1 aromatic heterocycles. The van der Waals surface area contributed by atoms with Crippen LogP contribution in [0.4, 0.5) is 4.39 Å². The standard InChI is InChI=1S/C20H21FN4O/c1-14-10-15(8-9-18(14)21)12-23-20(22-2)24-13-17-11-19(26-25-17)16-6-4-3-5-7-16/h3-11H,12-13H2,1-2H3,(H2,22,23,24). The lowest BCUT2D eigenvalue weighted by atomic mass is 10.1. The first kappa shape index (κ1) is 17.7. The molecule has 26 heavy (non-hydrogen) atoms. The maximum absolute atomic E-state index is 13.3. The second kappa shape index (κ2) is 8.29. The number of hydrogen-bond acceptors (Lipinski definition) is 3. The Hall–Kier alpha value is -3.15. The van der Waals surface area contributed by atoms with E-state index in [4.69, 9.17) is 4.52 Å². The van der Waals surface area contributed by atoms with Crippen LogP contribution in [0.15, 0.2) is 64.1 Å². The highest BCUT2D eigenvalue weighted by Gasteiger charge is 2.07. The fraction of sp³-hybridized carbons (Fsp3) is 0.200. The second-order valence-electron chi connectivity index (χ2n) is 5.91. The van der Waals surface area contributed by atoms with Crippen molar-refractivity contribution in [3.8, 4) is 11.3 Å². The first-order chi connectivity index (χ1) is 12.7. The molecule has 0 saturated carbocycles. The highest BCUT2D eigenvalue weighted by atomic mass is 19.1. The van der Waals surface area contributed by atoms with Gasteiger partial charge in [0, 0.05) is 25.2 Å². The number of aliphatic imine (C=N–C) groups is 1. The van der Waals surface area contributed by atoms with Gasteiger partial charge in [0.25, 0.3) is 0 Å². The summed E-state index contributed by atoms with van der Waals surface area (Å²) in [5.74, 6) is 1.17. The predicted octanol–water partition coefficient (Wildman–Crippen LogP) is 3.65. The molecule has 0 fully saturated rings. The van der Waals surface area contributed by atoms with Gasteiger partial charge < -0.3 is 15.2 Å². The molecule has 0 saturated heterocycles. The lowest BCUT2D eigenvalue weighted by Crippen LogP contribution is -2.36. The van der Waals surface area contributed by atoms with E-state index in [1.165, 1.54) is 6.07 Å². The summed E-state index contributed by atoms with van der Waals surface area (Å²) < 4.78 is 18.7. The summed E-state index contributed by atoms with van der Waals surface area (Å²) in [6.07, 6.45) is 0. The van der Waals surface area contributed by atoms with E-state index in [0.717, 1.165) is 22.6 Å². The molecule has 3 rings (SSSR count). The number of hydrogen-bond donors (Lipinski definition) is 2. The third-order valence-electron chi connectivity index (χ3n) is 3.96. The summed E-state index contributed by atoms with van der Waals surface area (Å²) in [6, 6.07) is 16.8. The zero-order chi connectivity index (χ0) is 18.4. The van der Waals surface area contributed by atoms with E-state index in [-0.39, 0.29) is 5.82 Å². The Labute approximate surface area is 151 Å². The van der Waals surface area contributed by atoms with Gasteiger partial charge in [-0.15, -0.1) is 0 Å². The molecule has 0 radical (unpaired) electrons. The van der Waals surface area contributed by atoms with Crippen LogP contribution in [0.5, 0.6) is 0 Å². The molecule has 5 nitrogen and oxygen atoms in total. The van der Waals surface area contributed by atoms with Crippen molar-refractivity contribution < 1.29 is 8.91 Å². The Morgan fingerprint density at radius 2 is 1.85 bits per heavy atom. The topological polar surface area (TPSA) is 62.5 Å². The van der Waals surface area contributed by atoms with Gasteiger partial charge in [-0.25, -0.2) is 4.39 Å². The van der Waals surface area contributed by atoms with E-state index >= 15 is 0 Å². The highest BCUT2D eigenvalue weighted by Crippen LogP contribution is 2.19.